The van der Waals surface area contributed by atoms with Crippen molar-refractivity contribution >= 4 is 5.69 Å². The minimum Gasteiger partial charge on any atom is -0.396 e. The van der Waals surface area contributed by atoms with Crippen molar-refractivity contribution in [2.75, 3.05) is 24.6 Å². The maximum Gasteiger partial charge on any atom is 0.0603 e. The minimum atomic E-state index is -0.434. The van der Waals surface area contributed by atoms with E-state index in [2.05, 4.69) is 11.0 Å². The summed E-state index contributed by atoms with van der Waals surface area (Å²) < 4.78 is 0. The van der Waals surface area contributed by atoms with Crippen molar-refractivity contribution in [2.24, 2.45) is 0 Å². The van der Waals surface area contributed by atoms with Gasteiger partial charge in [-0.1, -0.05) is 18.2 Å². The summed E-state index contributed by atoms with van der Waals surface area (Å²) in [4.78, 5) is 2.28. The highest BCUT2D eigenvalue weighted by Crippen LogP contribution is 2.26. The number of anilines is 1. The van der Waals surface area contributed by atoms with Gasteiger partial charge in [-0.05, 0) is 18.1 Å². The third kappa shape index (κ3) is 2.70. The Bertz CT molecular complexity index is 323. The van der Waals surface area contributed by atoms with Gasteiger partial charge in [-0.2, -0.15) is 0 Å². The van der Waals surface area contributed by atoms with Crippen molar-refractivity contribution in [3.63, 3.8) is 0 Å². The SMILES string of the molecule is OCCC(O)Cc1ccccc1N1CC1. The van der Waals surface area contributed by atoms with Gasteiger partial charge in [0.2, 0.25) is 0 Å². The Morgan fingerprint density at radius 1 is 1.27 bits per heavy atom. The van der Waals surface area contributed by atoms with Crippen molar-refractivity contribution in [1.29, 1.82) is 0 Å². The van der Waals surface area contributed by atoms with Gasteiger partial charge in [-0.3, -0.25) is 0 Å². The summed E-state index contributed by atoms with van der Waals surface area (Å²) in [5.41, 5.74) is 2.41. The molecule has 0 spiro atoms. The number of nitrogens with zero attached hydrogens (tertiary/aromatic N) is 1. The Balaban J connectivity index is 2.06. The van der Waals surface area contributed by atoms with E-state index in [1.165, 1.54) is 11.3 Å². The summed E-state index contributed by atoms with van der Waals surface area (Å²) in [5.74, 6) is 0. The van der Waals surface area contributed by atoms with Gasteiger partial charge in [0.25, 0.3) is 0 Å². The highest BCUT2D eigenvalue weighted by molar-refractivity contribution is 5.57. The molecular formula is C12H17NO2. The largest absolute Gasteiger partial charge is 0.396 e. The molecule has 1 aromatic rings. The van der Waals surface area contributed by atoms with Crippen molar-refractivity contribution in [3.8, 4) is 0 Å². The summed E-state index contributed by atoms with van der Waals surface area (Å²) in [6.45, 7) is 2.28. The van der Waals surface area contributed by atoms with Crippen LogP contribution in [-0.4, -0.2) is 36.0 Å². The van der Waals surface area contributed by atoms with Crippen molar-refractivity contribution in [2.45, 2.75) is 18.9 Å². The summed E-state index contributed by atoms with van der Waals surface area (Å²) in [6, 6.07) is 8.16. The molecule has 1 fully saturated rings. The van der Waals surface area contributed by atoms with E-state index in [0.29, 0.717) is 12.8 Å². The van der Waals surface area contributed by atoms with Gasteiger partial charge < -0.3 is 15.1 Å². The lowest BCUT2D eigenvalue weighted by atomic mass is 10.0. The predicted molar refractivity (Wildman–Crippen MR) is 60.1 cm³/mol. The van der Waals surface area contributed by atoms with Gasteiger partial charge in [0.1, 0.15) is 0 Å². The molecule has 3 nitrogen and oxygen atoms in total. The molecule has 0 amide bonds. The van der Waals surface area contributed by atoms with Gasteiger partial charge in [0.15, 0.2) is 0 Å². The van der Waals surface area contributed by atoms with Crippen LogP contribution in [0.5, 0.6) is 0 Å². The molecule has 0 aliphatic carbocycles. The lowest BCUT2D eigenvalue weighted by Crippen LogP contribution is -2.13. The van der Waals surface area contributed by atoms with Crippen LogP contribution < -0.4 is 4.90 Å². The molecule has 1 unspecified atom stereocenters. The van der Waals surface area contributed by atoms with Gasteiger partial charge in [-0.15, -0.1) is 0 Å². The van der Waals surface area contributed by atoms with E-state index >= 15 is 0 Å². The van der Waals surface area contributed by atoms with Gasteiger partial charge in [0.05, 0.1) is 6.10 Å². The topological polar surface area (TPSA) is 43.5 Å². The zero-order valence-electron chi connectivity index (χ0n) is 8.76. The zero-order chi connectivity index (χ0) is 10.7. The predicted octanol–water partition coefficient (Wildman–Crippen LogP) is 0.792. The third-order valence-corrected chi connectivity index (χ3v) is 2.70. The highest BCUT2D eigenvalue weighted by Gasteiger charge is 2.21. The summed E-state index contributed by atoms with van der Waals surface area (Å²) >= 11 is 0. The summed E-state index contributed by atoms with van der Waals surface area (Å²) in [5, 5.41) is 18.4. The first-order valence-corrected chi connectivity index (χ1v) is 5.43. The number of para-hydroxylation sites is 1. The second kappa shape index (κ2) is 4.64. The van der Waals surface area contributed by atoms with Crippen LogP contribution in [0.25, 0.3) is 0 Å². The smallest absolute Gasteiger partial charge is 0.0603 e. The molecule has 1 aromatic carbocycles. The first kappa shape index (κ1) is 10.5. The first-order chi connectivity index (χ1) is 7.31. The maximum atomic E-state index is 9.65. The fraction of sp³-hybridized carbons (Fsp3) is 0.500. The molecule has 1 aliphatic heterocycles. The Morgan fingerprint density at radius 2 is 2.00 bits per heavy atom. The fourth-order valence-corrected chi connectivity index (χ4v) is 1.79. The van der Waals surface area contributed by atoms with Crippen LogP contribution in [0.2, 0.25) is 0 Å². The number of rotatable bonds is 5. The molecule has 3 heteroatoms. The lowest BCUT2D eigenvalue weighted by molar-refractivity contribution is 0.133. The van der Waals surface area contributed by atoms with Crippen LogP contribution in [0.3, 0.4) is 0 Å². The van der Waals surface area contributed by atoms with Gasteiger partial charge in [-0.25, -0.2) is 0 Å². The van der Waals surface area contributed by atoms with E-state index in [4.69, 9.17) is 5.11 Å². The van der Waals surface area contributed by atoms with Crippen LogP contribution in [-0.2, 0) is 6.42 Å². The van der Waals surface area contributed by atoms with E-state index in [-0.39, 0.29) is 6.61 Å². The number of hydrogen-bond acceptors (Lipinski definition) is 3. The van der Waals surface area contributed by atoms with Crippen LogP contribution >= 0.6 is 0 Å². The first-order valence-electron chi connectivity index (χ1n) is 5.43. The number of hydrogen-bond donors (Lipinski definition) is 2. The van der Waals surface area contributed by atoms with Crippen molar-refractivity contribution in [3.05, 3.63) is 29.8 Å². The Morgan fingerprint density at radius 3 is 2.67 bits per heavy atom. The monoisotopic (exact) mass is 207 g/mol. The lowest BCUT2D eigenvalue weighted by Gasteiger charge is -2.13. The van der Waals surface area contributed by atoms with Crippen LogP contribution in [0.15, 0.2) is 24.3 Å². The van der Waals surface area contributed by atoms with E-state index in [9.17, 15) is 5.11 Å². The molecule has 1 aliphatic rings. The Hall–Kier alpha value is -1.06. The van der Waals surface area contributed by atoms with Gasteiger partial charge in [0, 0.05) is 31.8 Å². The highest BCUT2D eigenvalue weighted by atomic mass is 16.3. The number of benzene rings is 1. The fourth-order valence-electron chi connectivity index (χ4n) is 1.79. The molecule has 1 atom stereocenters. The molecule has 82 valence electrons. The molecule has 0 bridgehead atoms. The number of aliphatic hydroxyl groups excluding tert-OH is 2. The van der Waals surface area contributed by atoms with E-state index in [1.54, 1.807) is 0 Å². The maximum absolute atomic E-state index is 9.65. The second-order valence-corrected chi connectivity index (χ2v) is 3.99. The van der Waals surface area contributed by atoms with E-state index < -0.39 is 6.10 Å². The molecule has 2 rings (SSSR count). The Kier molecular flexibility index (Phi) is 3.23. The van der Waals surface area contributed by atoms with E-state index in [1.807, 2.05) is 18.2 Å². The molecule has 0 radical (unpaired) electrons. The average molecular weight is 207 g/mol. The normalized spacial score (nSPS) is 16.5. The third-order valence-electron chi connectivity index (χ3n) is 2.70. The Labute approximate surface area is 90.0 Å². The van der Waals surface area contributed by atoms with Crippen LogP contribution in [0.1, 0.15) is 12.0 Å². The molecule has 0 saturated carbocycles. The van der Waals surface area contributed by atoms with Crippen molar-refractivity contribution < 1.29 is 10.2 Å². The van der Waals surface area contributed by atoms with E-state index in [0.717, 1.165) is 13.1 Å². The quantitative estimate of drug-likeness (QED) is 0.702. The van der Waals surface area contributed by atoms with Crippen LogP contribution in [0, 0.1) is 0 Å². The van der Waals surface area contributed by atoms with Crippen molar-refractivity contribution in [1.82, 2.24) is 0 Å². The standard InChI is InChI=1S/C12H17NO2/c14-8-5-11(15)9-10-3-1-2-4-12(10)13-6-7-13/h1-4,11,14-15H,5-9H2. The van der Waals surface area contributed by atoms with Gasteiger partial charge >= 0.3 is 0 Å². The molecule has 1 heterocycles. The zero-order valence-corrected chi connectivity index (χ0v) is 8.76. The average Bonchev–Trinajstić information content (AvgIpc) is 3.02. The molecule has 1 saturated heterocycles. The minimum absolute atomic E-state index is 0.0487. The molecule has 0 aromatic heterocycles. The number of aliphatic hydroxyl groups is 2. The molecule has 2 N–H and O–H groups in total. The molecular weight excluding hydrogens is 190 g/mol. The van der Waals surface area contributed by atoms with Crippen LogP contribution in [0.4, 0.5) is 5.69 Å². The second-order valence-electron chi connectivity index (χ2n) is 3.99. The molecule has 15 heavy (non-hydrogen) atoms. The summed E-state index contributed by atoms with van der Waals surface area (Å²) in [7, 11) is 0. The summed E-state index contributed by atoms with van der Waals surface area (Å²) in [6.07, 6.45) is 0.651.